The van der Waals surface area contributed by atoms with Crippen LogP contribution in [0.15, 0.2) is 0 Å². The van der Waals surface area contributed by atoms with Crippen molar-refractivity contribution in [3.05, 3.63) is 0 Å². The Hall–Kier alpha value is -3.31. The van der Waals surface area contributed by atoms with Crippen LogP contribution in [0.1, 0.15) is 53.4 Å². The van der Waals surface area contributed by atoms with Gasteiger partial charge in [-0.05, 0) is 12.3 Å². The third-order valence-corrected chi connectivity index (χ3v) is 5.54. The molecule has 1 fully saturated rings. The number of imide groups is 1. The summed E-state index contributed by atoms with van der Waals surface area (Å²) >= 11 is 0. The lowest BCUT2D eigenvalue weighted by atomic mass is 9.94. The Balaban J connectivity index is 2.15. The van der Waals surface area contributed by atoms with Crippen molar-refractivity contribution in [2.24, 2.45) is 17.8 Å². The maximum absolute atomic E-state index is 12.2. The number of Topliss-reactive ketones (excluding diaryl/α,β-unsaturated/α-hetero) is 1. The van der Waals surface area contributed by atoms with E-state index < -0.39 is 23.6 Å². The first-order valence-electron chi connectivity index (χ1n) is 11.9. The van der Waals surface area contributed by atoms with E-state index in [9.17, 15) is 33.6 Å². The predicted octanol–water partition coefficient (Wildman–Crippen LogP) is -1.12. The number of hydrogen-bond donors (Lipinski definition) is 4. The molecule has 4 N–H and O–H groups in total. The fraction of sp³-hybridized carbons (Fsp3) is 0.696. The second-order valence-electron chi connectivity index (χ2n) is 9.09. The average Bonchev–Trinajstić information content (AvgIpc) is 3.08. The zero-order chi connectivity index (χ0) is 26.5. The van der Waals surface area contributed by atoms with E-state index in [1.165, 1.54) is 4.90 Å². The van der Waals surface area contributed by atoms with Gasteiger partial charge in [0.15, 0.2) is 0 Å². The third-order valence-electron chi connectivity index (χ3n) is 5.54. The second kappa shape index (κ2) is 14.8. The van der Waals surface area contributed by atoms with Gasteiger partial charge in [0.1, 0.15) is 5.78 Å². The number of likely N-dealkylation sites (tertiary alicyclic amines) is 1. The Bertz CT molecular complexity index is 825. The summed E-state index contributed by atoms with van der Waals surface area (Å²) in [6.07, 6.45) is 0.730. The SMILES string of the molecule is CC(C)C(=O)CCNC(=O)CNC(=O)CNC(=O)CNC(=O)CCCN1C(=O)CC(C(C)C)C1=O. The van der Waals surface area contributed by atoms with Gasteiger partial charge >= 0.3 is 0 Å². The monoisotopic (exact) mass is 495 g/mol. The van der Waals surface area contributed by atoms with Gasteiger partial charge in [-0.3, -0.25) is 38.5 Å². The summed E-state index contributed by atoms with van der Waals surface area (Å²) in [5, 5.41) is 9.58. The molecule has 1 heterocycles. The Kier molecular flexibility index (Phi) is 12.6. The predicted molar refractivity (Wildman–Crippen MR) is 125 cm³/mol. The maximum Gasteiger partial charge on any atom is 0.239 e. The Morgan fingerprint density at radius 3 is 1.80 bits per heavy atom. The zero-order valence-electron chi connectivity index (χ0n) is 20.9. The van der Waals surface area contributed by atoms with Crippen LogP contribution < -0.4 is 21.3 Å². The Morgan fingerprint density at radius 2 is 1.31 bits per heavy atom. The minimum absolute atomic E-state index is 0.0284. The van der Waals surface area contributed by atoms with Gasteiger partial charge in [0, 0.05) is 44.2 Å². The molecular formula is C23H37N5O7. The van der Waals surface area contributed by atoms with E-state index in [1.807, 2.05) is 13.8 Å². The van der Waals surface area contributed by atoms with Crippen LogP contribution in [0.4, 0.5) is 0 Å². The molecule has 12 nitrogen and oxygen atoms in total. The van der Waals surface area contributed by atoms with E-state index in [1.54, 1.807) is 13.8 Å². The van der Waals surface area contributed by atoms with Crippen LogP contribution in [0.3, 0.4) is 0 Å². The molecule has 0 saturated carbocycles. The summed E-state index contributed by atoms with van der Waals surface area (Å²) in [5.41, 5.74) is 0. The van der Waals surface area contributed by atoms with Gasteiger partial charge in [0.2, 0.25) is 35.4 Å². The molecule has 1 aliphatic rings. The molecule has 0 radical (unpaired) electrons. The van der Waals surface area contributed by atoms with E-state index in [-0.39, 0.29) is 93.8 Å². The van der Waals surface area contributed by atoms with Gasteiger partial charge in [-0.25, -0.2) is 0 Å². The molecule has 6 amide bonds. The first-order valence-corrected chi connectivity index (χ1v) is 11.9. The van der Waals surface area contributed by atoms with Crippen LogP contribution in [-0.2, 0) is 33.6 Å². The summed E-state index contributed by atoms with van der Waals surface area (Å²) in [7, 11) is 0. The van der Waals surface area contributed by atoms with Crippen molar-refractivity contribution < 1.29 is 33.6 Å². The summed E-state index contributed by atoms with van der Waals surface area (Å²) in [6, 6.07) is 0. The van der Waals surface area contributed by atoms with Crippen LogP contribution in [-0.4, -0.2) is 78.9 Å². The number of ketones is 1. The molecule has 196 valence electrons. The standard InChI is InChI=1S/C23H37N5O7/c1-14(2)16-10-22(34)28(23(16)35)9-5-6-18(30)25-12-20(32)27-13-21(33)26-11-19(31)24-8-7-17(29)15(3)4/h14-16H,5-13H2,1-4H3,(H,24,31)(H,25,30)(H,26,33)(H,27,32). The van der Waals surface area contributed by atoms with Gasteiger partial charge < -0.3 is 21.3 Å². The summed E-state index contributed by atoms with van der Waals surface area (Å²) in [5.74, 6) is -2.80. The number of carbonyl (C=O) groups is 7. The lowest BCUT2D eigenvalue weighted by Gasteiger charge is -2.16. The minimum Gasteiger partial charge on any atom is -0.354 e. The molecule has 0 aromatic carbocycles. The molecule has 0 bridgehead atoms. The van der Waals surface area contributed by atoms with E-state index in [2.05, 4.69) is 21.3 Å². The number of hydrogen-bond acceptors (Lipinski definition) is 7. The third kappa shape index (κ3) is 11.1. The quantitative estimate of drug-likeness (QED) is 0.208. The number of carbonyl (C=O) groups excluding carboxylic acids is 7. The number of amides is 6. The molecule has 0 aromatic heterocycles. The fourth-order valence-corrected chi connectivity index (χ4v) is 3.29. The highest BCUT2D eigenvalue weighted by Crippen LogP contribution is 2.26. The molecule has 0 spiro atoms. The second-order valence-corrected chi connectivity index (χ2v) is 9.09. The number of nitrogens with one attached hydrogen (secondary N) is 4. The minimum atomic E-state index is -0.588. The van der Waals surface area contributed by atoms with Gasteiger partial charge in [-0.2, -0.15) is 0 Å². The Labute approximate surface area is 205 Å². The number of nitrogens with zero attached hydrogens (tertiary/aromatic N) is 1. The fourth-order valence-electron chi connectivity index (χ4n) is 3.29. The summed E-state index contributed by atoms with van der Waals surface area (Å²) < 4.78 is 0. The van der Waals surface area contributed by atoms with Crippen molar-refractivity contribution in [3.63, 3.8) is 0 Å². The van der Waals surface area contributed by atoms with Crippen molar-refractivity contribution in [1.82, 2.24) is 26.2 Å². The topological polar surface area (TPSA) is 171 Å². The summed E-state index contributed by atoms with van der Waals surface area (Å²) in [4.78, 5) is 84.0. The Morgan fingerprint density at radius 1 is 0.800 bits per heavy atom. The highest BCUT2D eigenvalue weighted by Gasteiger charge is 2.39. The first-order chi connectivity index (χ1) is 16.4. The van der Waals surface area contributed by atoms with Crippen molar-refractivity contribution in [2.75, 3.05) is 32.7 Å². The van der Waals surface area contributed by atoms with Gasteiger partial charge in [0.25, 0.3) is 0 Å². The van der Waals surface area contributed by atoms with Crippen molar-refractivity contribution >= 4 is 41.2 Å². The zero-order valence-corrected chi connectivity index (χ0v) is 20.9. The van der Waals surface area contributed by atoms with Crippen molar-refractivity contribution in [2.45, 2.75) is 53.4 Å². The maximum atomic E-state index is 12.2. The first kappa shape index (κ1) is 29.7. The molecule has 0 aliphatic carbocycles. The largest absolute Gasteiger partial charge is 0.354 e. The van der Waals surface area contributed by atoms with Crippen LogP contribution >= 0.6 is 0 Å². The van der Waals surface area contributed by atoms with Gasteiger partial charge in [0.05, 0.1) is 19.6 Å². The van der Waals surface area contributed by atoms with Crippen LogP contribution in [0, 0.1) is 17.8 Å². The molecular weight excluding hydrogens is 458 g/mol. The molecule has 1 saturated heterocycles. The molecule has 1 aliphatic heterocycles. The van der Waals surface area contributed by atoms with E-state index in [0.29, 0.717) is 0 Å². The van der Waals surface area contributed by atoms with Crippen LogP contribution in [0.25, 0.3) is 0 Å². The average molecular weight is 496 g/mol. The van der Waals surface area contributed by atoms with Crippen molar-refractivity contribution in [3.8, 4) is 0 Å². The molecule has 1 rings (SSSR count). The van der Waals surface area contributed by atoms with Crippen LogP contribution in [0.2, 0.25) is 0 Å². The van der Waals surface area contributed by atoms with E-state index in [4.69, 9.17) is 0 Å². The van der Waals surface area contributed by atoms with Gasteiger partial charge in [-0.15, -0.1) is 0 Å². The molecule has 1 unspecified atom stereocenters. The molecule has 0 aromatic rings. The lowest BCUT2D eigenvalue weighted by Crippen LogP contribution is -2.44. The smallest absolute Gasteiger partial charge is 0.239 e. The van der Waals surface area contributed by atoms with E-state index in [0.717, 1.165) is 0 Å². The molecule has 35 heavy (non-hydrogen) atoms. The van der Waals surface area contributed by atoms with E-state index >= 15 is 0 Å². The van der Waals surface area contributed by atoms with Crippen LogP contribution in [0.5, 0.6) is 0 Å². The molecule has 1 atom stereocenters. The number of rotatable bonds is 15. The van der Waals surface area contributed by atoms with Gasteiger partial charge in [-0.1, -0.05) is 27.7 Å². The highest BCUT2D eigenvalue weighted by atomic mass is 16.2. The molecule has 12 heteroatoms. The lowest BCUT2D eigenvalue weighted by molar-refractivity contribution is -0.140. The highest BCUT2D eigenvalue weighted by molar-refractivity contribution is 6.03. The normalized spacial score (nSPS) is 15.4. The summed E-state index contributed by atoms with van der Waals surface area (Å²) in [6.45, 7) is 6.66. The van der Waals surface area contributed by atoms with Crippen molar-refractivity contribution in [1.29, 1.82) is 0 Å².